The zero-order chi connectivity index (χ0) is 94.7. The van der Waals surface area contributed by atoms with E-state index in [1.807, 2.05) is 194 Å². The van der Waals surface area contributed by atoms with Crippen molar-refractivity contribution in [3.63, 3.8) is 0 Å². The summed E-state index contributed by atoms with van der Waals surface area (Å²) in [7, 11) is -1.50. The number of hydrogen-bond donors (Lipinski definition) is 0. The molecule has 4 saturated heterocycles. The largest absolute Gasteiger partial charge is 0.497 e. The van der Waals surface area contributed by atoms with Crippen molar-refractivity contribution in [3.05, 3.63) is 289 Å². The Morgan fingerprint density at radius 2 is 0.394 bits per heavy atom. The molecule has 132 heavy (non-hydrogen) atoms. The molecule has 0 aliphatic carbocycles. The molecule has 0 bridgehead atoms. The van der Waals surface area contributed by atoms with Gasteiger partial charge in [-0.2, -0.15) is 17.2 Å². The summed E-state index contributed by atoms with van der Waals surface area (Å²) >= 11 is 0. The molecule has 0 N–H and O–H groups in total. The highest BCUT2D eigenvalue weighted by atomic mass is 32.2. The summed E-state index contributed by atoms with van der Waals surface area (Å²) in [4.78, 5) is 0. The van der Waals surface area contributed by atoms with Crippen molar-refractivity contribution in [1.82, 2.24) is 17.2 Å². The van der Waals surface area contributed by atoms with Crippen LogP contribution in [0.1, 0.15) is 173 Å². The van der Waals surface area contributed by atoms with E-state index in [0.29, 0.717) is 103 Å². The second-order valence-electron chi connectivity index (χ2n) is 33.5. The minimum atomic E-state index is -3.61. The zero-order valence-corrected chi connectivity index (χ0v) is 81.7. The molecule has 720 valence electrons. The lowest BCUT2D eigenvalue weighted by molar-refractivity contribution is 0.102. The predicted molar refractivity (Wildman–Crippen MR) is 524 cm³/mol. The number of ether oxygens (including phenoxy) is 12. The Morgan fingerprint density at radius 3 is 0.500 bits per heavy atom. The van der Waals surface area contributed by atoms with Gasteiger partial charge >= 0.3 is 0 Å². The maximum Gasteiger partial charge on any atom is 0.217 e. The van der Waals surface area contributed by atoms with E-state index in [4.69, 9.17) is 56.8 Å². The average molecular weight is 1890 g/mol. The molecule has 4 aliphatic heterocycles. The Hall–Kier alpha value is -9.40. The molecule has 0 unspecified atom stereocenters. The highest BCUT2D eigenvalue weighted by Gasteiger charge is 2.40. The Kier molecular flexibility index (Phi) is 44.6. The number of rotatable bonds is 52. The van der Waals surface area contributed by atoms with Gasteiger partial charge in [0.05, 0.1) is 102 Å². The first-order valence-electron chi connectivity index (χ1n) is 45.7. The van der Waals surface area contributed by atoms with Gasteiger partial charge in [0.2, 0.25) is 40.1 Å². The molecule has 0 amide bonds. The summed E-state index contributed by atoms with van der Waals surface area (Å²) in [6, 6.07) is 60.3. The van der Waals surface area contributed by atoms with Crippen LogP contribution in [0, 0.1) is 0 Å². The van der Waals surface area contributed by atoms with Crippen LogP contribution in [0.3, 0.4) is 0 Å². The van der Waals surface area contributed by atoms with Gasteiger partial charge in [-0.05, 0) is 270 Å². The average Bonchev–Trinajstić information content (AvgIpc) is 1.50. The highest BCUT2D eigenvalue weighted by Crippen LogP contribution is 2.35. The van der Waals surface area contributed by atoms with Crippen LogP contribution in [0.4, 0.5) is 0 Å². The number of benzene rings is 8. The van der Waals surface area contributed by atoms with Crippen LogP contribution in [0.5, 0.6) is 46.0 Å². The standard InChI is InChI=1S/4C26H35NO5S/c4*1-4-5-8-26(18-25-7-6-17-32-25)33(28,29)27(19-21-9-13-23(30-2)14-10-21)20-22-11-15-24(31-3)16-12-22/h4*4,9-16,25-26H,1,5-8,17-20H2,2-3H3/t2*25-,26+;2*25-,26-/m1010/s1. The fourth-order valence-corrected chi connectivity index (χ4v) is 24.4. The normalized spacial score (nSPS) is 17.1. The van der Waals surface area contributed by atoms with Gasteiger partial charge in [0.1, 0.15) is 46.0 Å². The molecule has 0 spiro atoms. The van der Waals surface area contributed by atoms with Crippen molar-refractivity contribution in [2.75, 3.05) is 83.3 Å². The Bertz CT molecular complexity index is 4320. The topological polar surface area (TPSA) is 260 Å². The van der Waals surface area contributed by atoms with Crippen molar-refractivity contribution < 1.29 is 90.5 Å². The Morgan fingerprint density at radius 1 is 0.258 bits per heavy atom. The maximum atomic E-state index is 14.0. The number of hydrogen-bond acceptors (Lipinski definition) is 20. The minimum Gasteiger partial charge on any atom is -0.497 e. The van der Waals surface area contributed by atoms with E-state index in [2.05, 4.69) is 26.3 Å². The van der Waals surface area contributed by atoms with Crippen LogP contribution in [-0.4, -0.2) is 180 Å². The van der Waals surface area contributed by atoms with Crippen LogP contribution >= 0.6 is 0 Å². The summed E-state index contributed by atoms with van der Waals surface area (Å²) < 4.78 is 183. The first-order valence-corrected chi connectivity index (χ1v) is 51.7. The molecule has 8 atom stereocenters. The third-order valence-corrected chi connectivity index (χ3v) is 33.2. The van der Waals surface area contributed by atoms with Crippen LogP contribution < -0.4 is 37.9 Å². The second-order valence-corrected chi connectivity index (χ2v) is 42.3. The summed E-state index contributed by atoms with van der Waals surface area (Å²) in [5, 5.41) is -2.07. The van der Waals surface area contributed by atoms with E-state index in [0.717, 1.165) is 142 Å². The van der Waals surface area contributed by atoms with Crippen molar-refractivity contribution >= 4 is 40.1 Å². The highest BCUT2D eigenvalue weighted by molar-refractivity contribution is 7.90. The van der Waals surface area contributed by atoms with Crippen LogP contribution in [0.15, 0.2) is 245 Å². The van der Waals surface area contributed by atoms with Gasteiger partial charge < -0.3 is 56.8 Å². The molecule has 0 radical (unpaired) electrons. The van der Waals surface area contributed by atoms with Crippen molar-refractivity contribution in [1.29, 1.82) is 0 Å². The van der Waals surface area contributed by atoms with E-state index in [9.17, 15) is 33.7 Å². The fraction of sp³-hybridized carbons (Fsp3) is 0.462. The van der Waals surface area contributed by atoms with E-state index in [1.54, 1.807) is 98.4 Å². The molecule has 24 nitrogen and oxygen atoms in total. The summed E-state index contributed by atoms with van der Waals surface area (Å²) in [5.41, 5.74) is 7.28. The molecule has 4 fully saturated rings. The van der Waals surface area contributed by atoms with E-state index in [1.165, 1.54) is 0 Å². The molecule has 4 aliphatic rings. The van der Waals surface area contributed by atoms with Gasteiger partial charge in [-0.15, -0.1) is 26.3 Å². The number of nitrogens with zero attached hydrogens (tertiary/aromatic N) is 4. The number of allylic oxidation sites excluding steroid dienone is 4. The lowest BCUT2D eigenvalue weighted by atomic mass is 10.1. The van der Waals surface area contributed by atoms with Gasteiger partial charge in [-0.3, -0.25) is 0 Å². The third kappa shape index (κ3) is 33.6. The van der Waals surface area contributed by atoms with Crippen molar-refractivity contribution in [3.8, 4) is 46.0 Å². The van der Waals surface area contributed by atoms with Gasteiger partial charge in [0, 0.05) is 78.8 Å². The zero-order valence-electron chi connectivity index (χ0n) is 78.4. The van der Waals surface area contributed by atoms with E-state index in [-0.39, 0.29) is 76.8 Å². The first kappa shape index (κ1) is 106. The Labute approximate surface area is 787 Å². The number of sulfonamides is 4. The van der Waals surface area contributed by atoms with Gasteiger partial charge in [-0.25, -0.2) is 33.7 Å². The molecule has 28 heteroatoms. The SMILES string of the molecule is C=CCC[C@@H](C[C@@H]1CCCO1)S(=O)(=O)N(Cc1ccc(OC)cc1)Cc1ccc(OC)cc1.C=CCC[C@@H](C[C@H]1CCCO1)S(=O)(=O)N(Cc1ccc(OC)cc1)Cc1ccc(OC)cc1.C=CCC[C@H](C[C@@H]1CCCO1)S(=O)(=O)N(Cc1ccc(OC)cc1)Cc1ccc(OC)cc1.C=CCC[C@H](C[C@H]1CCCO1)S(=O)(=O)N(Cc1ccc(OC)cc1)Cc1ccc(OC)cc1. The molecule has 0 saturated carbocycles. The fourth-order valence-electron chi connectivity index (χ4n) is 16.5. The van der Waals surface area contributed by atoms with Crippen molar-refractivity contribution in [2.45, 2.75) is 226 Å². The quantitative estimate of drug-likeness (QED) is 0.0321. The lowest BCUT2D eigenvalue weighted by Crippen LogP contribution is -2.39. The lowest BCUT2D eigenvalue weighted by Gasteiger charge is -2.29. The monoisotopic (exact) mass is 1890 g/mol. The molecule has 0 aromatic heterocycles. The second kappa shape index (κ2) is 55.4. The summed E-state index contributed by atoms with van der Waals surface area (Å²) in [6.45, 7) is 20.3. The molecule has 4 heterocycles. The van der Waals surface area contributed by atoms with Crippen molar-refractivity contribution in [2.24, 2.45) is 0 Å². The van der Waals surface area contributed by atoms with Crippen LogP contribution in [-0.2, 0) is 111 Å². The number of methoxy groups -OCH3 is 8. The molecule has 12 rings (SSSR count). The third-order valence-electron chi connectivity index (χ3n) is 24.2. The van der Waals surface area contributed by atoms with E-state index < -0.39 is 61.1 Å². The van der Waals surface area contributed by atoms with E-state index >= 15 is 0 Å². The molecular formula is C104H140N4O20S4. The van der Waals surface area contributed by atoms with Gasteiger partial charge in [0.15, 0.2) is 0 Å². The van der Waals surface area contributed by atoms with Gasteiger partial charge in [0.25, 0.3) is 0 Å². The first-order chi connectivity index (χ1) is 63.8. The minimum absolute atomic E-state index is 0.00147. The molecular weight excluding hydrogens is 1750 g/mol. The molecule has 8 aromatic carbocycles. The van der Waals surface area contributed by atoms with Crippen LogP contribution in [0.25, 0.3) is 0 Å². The predicted octanol–water partition coefficient (Wildman–Crippen LogP) is 19.8. The Balaban J connectivity index is 0.000000198. The van der Waals surface area contributed by atoms with Crippen LogP contribution in [0.2, 0.25) is 0 Å². The van der Waals surface area contributed by atoms with Gasteiger partial charge in [-0.1, -0.05) is 121 Å². The molecule has 8 aromatic rings. The summed E-state index contributed by atoms with van der Waals surface area (Å²) in [6.07, 6.45) is 21.5. The smallest absolute Gasteiger partial charge is 0.217 e. The summed E-state index contributed by atoms with van der Waals surface area (Å²) in [5.74, 6) is 5.93. The maximum absolute atomic E-state index is 14.0.